The van der Waals surface area contributed by atoms with Gasteiger partial charge in [-0.1, -0.05) is 13.0 Å². The number of halogens is 1. The minimum atomic E-state index is -0.552. The lowest BCUT2D eigenvalue weighted by atomic mass is 10.1. The van der Waals surface area contributed by atoms with Crippen LogP contribution in [0.5, 0.6) is 11.5 Å². The second-order valence-corrected chi connectivity index (χ2v) is 4.19. The van der Waals surface area contributed by atoms with E-state index in [1.165, 1.54) is 12.1 Å². The van der Waals surface area contributed by atoms with Crippen molar-refractivity contribution in [3.05, 3.63) is 58.9 Å². The van der Waals surface area contributed by atoms with Crippen LogP contribution in [0.4, 0.5) is 4.39 Å². The SMILES string of the molecule is CCc1ccc(C#N)c(Oc2cc(F)cc(C#N)c2)c1. The molecule has 0 saturated heterocycles. The number of nitrogens with zero attached hydrogens (tertiary/aromatic N) is 2. The zero-order valence-electron chi connectivity index (χ0n) is 10.9. The first kappa shape index (κ1) is 13.6. The summed E-state index contributed by atoms with van der Waals surface area (Å²) in [6.45, 7) is 1.99. The lowest BCUT2D eigenvalue weighted by Crippen LogP contribution is -1.92. The number of hydrogen-bond acceptors (Lipinski definition) is 3. The third-order valence-electron chi connectivity index (χ3n) is 2.80. The van der Waals surface area contributed by atoms with Crippen molar-refractivity contribution in [3.8, 4) is 23.6 Å². The fourth-order valence-corrected chi connectivity index (χ4v) is 1.78. The molecule has 0 unspecified atom stereocenters. The van der Waals surface area contributed by atoms with Crippen LogP contribution in [-0.2, 0) is 6.42 Å². The first-order chi connectivity index (χ1) is 9.66. The molecule has 0 aliphatic rings. The standard InChI is InChI=1S/C16H11FN2O/c1-2-11-3-4-13(10-19)16(7-11)20-15-6-12(9-18)5-14(17)8-15/h3-8H,2H2,1H3. The highest BCUT2D eigenvalue weighted by Crippen LogP contribution is 2.27. The van der Waals surface area contributed by atoms with Gasteiger partial charge in [0, 0.05) is 6.07 Å². The first-order valence-electron chi connectivity index (χ1n) is 6.08. The van der Waals surface area contributed by atoms with Gasteiger partial charge in [-0.15, -0.1) is 0 Å². The summed E-state index contributed by atoms with van der Waals surface area (Å²) in [6.07, 6.45) is 0.800. The maximum atomic E-state index is 13.3. The Balaban J connectivity index is 2.42. The van der Waals surface area contributed by atoms with Crippen LogP contribution in [0.15, 0.2) is 36.4 Å². The molecule has 0 amide bonds. The predicted octanol–water partition coefficient (Wildman–Crippen LogP) is 3.92. The topological polar surface area (TPSA) is 56.8 Å². The van der Waals surface area contributed by atoms with Crippen molar-refractivity contribution in [3.63, 3.8) is 0 Å². The minimum absolute atomic E-state index is 0.171. The number of hydrogen-bond donors (Lipinski definition) is 0. The molecule has 0 atom stereocenters. The summed E-state index contributed by atoms with van der Waals surface area (Å²) in [5.74, 6) is 0.0110. The maximum absolute atomic E-state index is 13.3. The summed E-state index contributed by atoms with van der Waals surface area (Å²) in [5, 5.41) is 17.9. The lowest BCUT2D eigenvalue weighted by molar-refractivity contribution is 0.474. The average molecular weight is 266 g/mol. The summed E-state index contributed by atoms with van der Waals surface area (Å²) < 4.78 is 18.9. The summed E-state index contributed by atoms with van der Waals surface area (Å²) in [6, 6.07) is 12.9. The number of ether oxygens (including phenoxy) is 1. The van der Waals surface area contributed by atoms with Crippen molar-refractivity contribution < 1.29 is 9.13 Å². The van der Waals surface area contributed by atoms with Crippen LogP contribution >= 0.6 is 0 Å². The van der Waals surface area contributed by atoms with E-state index in [1.807, 2.05) is 25.1 Å². The van der Waals surface area contributed by atoms with Crippen LogP contribution in [0.1, 0.15) is 23.6 Å². The normalized spacial score (nSPS) is 9.60. The predicted molar refractivity (Wildman–Crippen MR) is 71.7 cm³/mol. The molecule has 0 aliphatic heterocycles. The van der Waals surface area contributed by atoms with Crippen molar-refractivity contribution in [2.45, 2.75) is 13.3 Å². The van der Waals surface area contributed by atoms with Crippen LogP contribution in [0.3, 0.4) is 0 Å². The monoisotopic (exact) mass is 266 g/mol. The molecule has 3 nitrogen and oxygen atoms in total. The Morgan fingerprint density at radius 2 is 1.90 bits per heavy atom. The highest BCUT2D eigenvalue weighted by molar-refractivity contribution is 5.48. The Hall–Kier alpha value is -2.85. The molecule has 0 saturated carbocycles. The van der Waals surface area contributed by atoms with Gasteiger partial charge in [-0.2, -0.15) is 10.5 Å². The smallest absolute Gasteiger partial charge is 0.145 e. The molecule has 98 valence electrons. The van der Waals surface area contributed by atoms with E-state index in [9.17, 15) is 4.39 Å². The van der Waals surface area contributed by atoms with Crippen LogP contribution in [-0.4, -0.2) is 0 Å². The third kappa shape index (κ3) is 2.93. The first-order valence-corrected chi connectivity index (χ1v) is 6.08. The lowest BCUT2D eigenvalue weighted by Gasteiger charge is -2.09. The van der Waals surface area contributed by atoms with Gasteiger partial charge < -0.3 is 4.74 Å². The van der Waals surface area contributed by atoms with E-state index in [-0.39, 0.29) is 11.3 Å². The molecule has 0 radical (unpaired) electrons. The molecule has 0 fully saturated rings. The number of nitriles is 2. The molecule has 0 heterocycles. The van der Waals surface area contributed by atoms with Gasteiger partial charge in [0.2, 0.25) is 0 Å². The van der Waals surface area contributed by atoms with E-state index in [2.05, 4.69) is 0 Å². The van der Waals surface area contributed by atoms with Gasteiger partial charge in [0.05, 0.1) is 17.2 Å². The van der Waals surface area contributed by atoms with E-state index in [0.29, 0.717) is 11.3 Å². The molecule has 2 rings (SSSR count). The molecule has 2 aromatic rings. The van der Waals surface area contributed by atoms with Crippen LogP contribution in [0.25, 0.3) is 0 Å². The van der Waals surface area contributed by atoms with Gasteiger partial charge in [-0.25, -0.2) is 4.39 Å². The van der Waals surface area contributed by atoms with Gasteiger partial charge in [0.15, 0.2) is 0 Å². The molecule has 0 bridgehead atoms. The minimum Gasteiger partial charge on any atom is -0.456 e. The van der Waals surface area contributed by atoms with Crippen LogP contribution < -0.4 is 4.74 Å². The van der Waals surface area contributed by atoms with E-state index in [4.69, 9.17) is 15.3 Å². The van der Waals surface area contributed by atoms with Gasteiger partial charge in [-0.3, -0.25) is 0 Å². The summed E-state index contributed by atoms with van der Waals surface area (Å²) in [7, 11) is 0. The van der Waals surface area contributed by atoms with Crippen molar-refractivity contribution in [2.75, 3.05) is 0 Å². The number of rotatable bonds is 3. The quantitative estimate of drug-likeness (QED) is 0.845. The van der Waals surface area contributed by atoms with E-state index in [0.717, 1.165) is 18.1 Å². The van der Waals surface area contributed by atoms with Crippen molar-refractivity contribution in [1.82, 2.24) is 0 Å². The Kier molecular flexibility index (Phi) is 3.98. The molecule has 0 aromatic heterocycles. The van der Waals surface area contributed by atoms with Gasteiger partial charge >= 0.3 is 0 Å². The van der Waals surface area contributed by atoms with Gasteiger partial charge in [0.1, 0.15) is 23.4 Å². The van der Waals surface area contributed by atoms with E-state index in [1.54, 1.807) is 12.1 Å². The molecule has 20 heavy (non-hydrogen) atoms. The molecule has 0 aliphatic carbocycles. The fraction of sp³-hybridized carbons (Fsp3) is 0.125. The molecular weight excluding hydrogens is 255 g/mol. The molecular formula is C16H11FN2O. The molecule has 2 aromatic carbocycles. The second-order valence-electron chi connectivity index (χ2n) is 4.19. The zero-order valence-corrected chi connectivity index (χ0v) is 10.9. The maximum Gasteiger partial charge on any atom is 0.145 e. The third-order valence-corrected chi connectivity index (χ3v) is 2.80. The second kappa shape index (κ2) is 5.86. The van der Waals surface area contributed by atoms with Crippen molar-refractivity contribution in [1.29, 1.82) is 10.5 Å². The Bertz CT molecular complexity index is 726. The molecule has 4 heteroatoms. The highest BCUT2D eigenvalue weighted by Gasteiger charge is 2.08. The molecule has 0 spiro atoms. The average Bonchev–Trinajstić information content (AvgIpc) is 2.46. The Labute approximate surface area is 116 Å². The van der Waals surface area contributed by atoms with Gasteiger partial charge in [-0.05, 0) is 36.2 Å². The van der Waals surface area contributed by atoms with Gasteiger partial charge in [0.25, 0.3) is 0 Å². The van der Waals surface area contributed by atoms with Crippen molar-refractivity contribution >= 4 is 0 Å². The highest BCUT2D eigenvalue weighted by atomic mass is 19.1. The molecule has 0 N–H and O–H groups in total. The summed E-state index contributed by atoms with van der Waals surface area (Å²) >= 11 is 0. The summed E-state index contributed by atoms with van der Waals surface area (Å²) in [5.41, 5.74) is 1.55. The zero-order chi connectivity index (χ0) is 14.5. The Morgan fingerprint density at radius 1 is 1.10 bits per heavy atom. The van der Waals surface area contributed by atoms with E-state index >= 15 is 0 Å². The number of aryl methyl sites for hydroxylation is 1. The van der Waals surface area contributed by atoms with Crippen molar-refractivity contribution in [2.24, 2.45) is 0 Å². The van der Waals surface area contributed by atoms with E-state index < -0.39 is 5.82 Å². The largest absolute Gasteiger partial charge is 0.456 e. The Morgan fingerprint density at radius 3 is 2.55 bits per heavy atom. The van der Waals surface area contributed by atoms with Crippen LogP contribution in [0, 0.1) is 28.5 Å². The number of benzene rings is 2. The van der Waals surface area contributed by atoms with Crippen LogP contribution in [0.2, 0.25) is 0 Å². The fourth-order valence-electron chi connectivity index (χ4n) is 1.78. The summed E-state index contributed by atoms with van der Waals surface area (Å²) in [4.78, 5) is 0.